The summed E-state index contributed by atoms with van der Waals surface area (Å²) in [5.74, 6) is -0.637. The number of carbonyl (C=O) groups is 2. The predicted molar refractivity (Wildman–Crippen MR) is 88.2 cm³/mol. The van der Waals surface area contributed by atoms with Gasteiger partial charge in [-0.15, -0.1) is 0 Å². The molecule has 2 aliphatic rings. The first-order valence-electron chi connectivity index (χ1n) is 8.67. The van der Waals surface area contributed by atoms with E-state index >= 15 is 0 Å². The minimum absolute atomic E-state index is 0.0172. The number of hydrogen-bond acceptors (Lipinski definition) is 6. The fourth-order valence-corrected chi connectivity index (χ4v) is 3.83. The van der Waals surface area contributed by atoms with E-state index in [1.807, 2.05) is 0 Å². The average Bonchev–Trinajstić information content (AvgIpc) is 3.02. The van der Waals surface area contributed by atoms with Crippen LogP contribution >= 0.6 is 0 Å². The van der Waals surface area contributed by atoms with E-state index in [0.717, 1.165) is 32.1 Å². The number of alkyl carbamates (subject to hydrolysis) is 1. The summed E-state index contributed by atoms with van der Waals surface area (Å²) in [4.78, 5) is 24.0. The maximum atomic E-state index is 12.0. The lowest BCUT2D eigenvalue weighted by Gasteiger charge is -2.25. The van der Waals surface area contributed by atoms with Gasteiger partial charge in [0.05, 0.1) is 7.11 Å². The van der Waals surface area contributed by atoms with Crippen LogP contribution in [-0.4, -0.2) is 47.7 Å². The lowest BCUT2D eigenvalue weighted by molar-refractivity contribution is -0.143. The molecule has 138 valence electrons. The number of ether oxygens (including phenoxy) is 2. The van der Waals surface area contributed by atoms with Gasteiger partial charge in [0.15, 0.2) is 0 Å². The Labute approximate surface area is 143 Å². The predicted octanol–water partition coefficient (Wildman–Crippen LogP) is 1.68. The van der Waals surface area contributed by atoms with Gasteiger partial charge in [0, 0.05) is 11.5 Å². The second kappa shape index (κ2) is 7.27. The zero-order valence-electron chi connectivity index (χ0n) is 15.1. The second-order valence-electron chi connectivity index (χ2n) is 8.00. The summed E-state index contributed by atoms with van der Waals surface area (Å²) in [6.07, 6.45) is 4.20. The third kappa shape index (κ3) is 4.83. The smallest absolute Gasteiger partial charge is 0.408 e. The van der Waals surface area contributed by atoms with Crippen molar-refractivity contribution >= 4 is 12.1 Å². The topological polar surface area (TPSA) is 96.9 Å². The number of nitrogens with one attached hydrogen (secondary N) is 2. The summed E-state index contributed by atoms with van der Waals surface area (Å²) < 4.78 is 10.0. The molecular weight excluding hydrogens is 312 g/mol. The molecule has 1 heterocycles. The van der Waals surface area contributed by atoms with Crippen molar-refractivity contribution in [1.29, 1.82) is 0 Å². The third-order valence-electron chi connectivity index (χ3n) is 4.83. The van der Waals surface area contributed by atoms with Crippen LogP contribution in [0.5, 0.6) is 0 Å². The van der Waals surface area contributed by atoms with E-state index in [9.17, 15) is 14.7 Å². The summed E-state index contributed by atoms with van der Waals surface area (Å²) in [5.41, 5.74) is -0.663. The monoisotopic (exact) mass is 342 g/mol. The summed E-state index contributed by atoms with van der Waals surface area (Å²) >= 11 is 0. The largest absolute Gasteiger partial charge is 0.467 e. The summed E-state index contributed by atoms with van der Waals surface area (Å²) in [7, 11) is 1.29. The molecule has 2 rings (SSSR count). The second-order valence-corrected chi connectivity index (χ2v) is 8.00. The Balaban J connectivity index is 1.98. The Hall–Kier alpha value is -1.34. The molecule has 7 heteroatoms. The van der Waals surface area contributed by atoms with Crippen molar-refractivity contribution in [1.82, 2.24) is 10.6 Å². The molecule has 0 radical (unpaired) electrons. The molecule has 1 amide bonds. The van der Waals surface area contributed by atoms with Gasteiger partial charge in [0.25, 0.3) is 0 Å². The molecule has 0 bridgehead atoms. The maximum Gasteiger partial charge on any atom is 0.408 e. The molecule has 1 saturated carbocycles. The molecule has 1 saturated heterocycles. The van der Waals surface area contributed by atoms with E-state index < -0.39 is 29.9 Å². The van der Waals surface area contributed by atoms with E-state index in [4.69, 9.17) is 9.47 Å². The molecule has 2 fully saturated rings. The van der Waals surface area contributed by atoms with E-state index in [1.54, 1.807) is 20.8 Å². The quantitative estimate of drug-likeness (QED) is 0.673. The minimum atomic E-state index is -0.831. The van der Waals surface area contributed by atoms with Crippen LogP contribution in [0.1, 0.15) is 59.3 Å². The Kier molecular flexibility index (Phi) is 5.75. The van der Waals surface area contributed by atoms with Crippen molar-refractivity contribution in [3.63, 3.8) is 0 Å². The molecule has 1 spiro atoms. The number of hydrogen-bond donors (Lipinski definition) is 3. The zero-order valence-corrected chi connectivity index (χ0v) is 15.1. The first-order chi connectivity index (χ1) is 11.1. The highest BCUT2D eigenvalue weighted by atomic mass is 16.6. The van der Waals surface area contributed by atoms with Crippen molar-refractivity contribution in [3.8, 4) is 0 Å². The zero-order chi connectivity index (χ0) is 18.0. The number of methoxy groups -OCH3 is 1. The van der Waals surface area contributed by atoms with Crippen LogP contribution in [0.15, 0.2) is 0 Å². The lowest BCUT2D eigenvalue weighted by Crippen LogP contribution is -2.46. The fourth-order valence-electron chi connectivity index (χ4n) is 3.83. The normalized spacial score (nSPS) is 27.0. The Bertz CT molecular complexity index is 468. The molecule has 1 aliphatic heterocycles. The van der Waals surface area contributed by atoms with E-state index in [2.05, 4.69) is 10.6 Å². The Morgan fingerprint density at radius 1 is 1.33 bits per heavy atom. The van der Waals surface area contributed by atoms with Crippen molar-refractivity contribution in [2.24, 2.45) is 5.92 Å². The van der Waals surface area contributed by atoms with Crippen LogP contribution < -0.4 is 10.6 Å². The van der Waals surface area contributed by atoms with Crippen LogP contribution in [0, 0.1) is 5.92 Å². The van der Waals surface area contributed by atoms with Gasteiger partial charge in [0.1, 0.15) is 17.9 Å². The maximum absolute atomic E-state index is 12.0. The highest BCUT2D eigenvalue weighted by molar-refractivity contribution is 5.81. The van der Waals surface area contributed by atoms with Crippen molar-refractivity contribution in [3.05, 3.63) is 0 Å². The minimum Gasteiger partial charge on any atom is -0.467 e. The Morgan fingerprint density at radius 2 is 1.96 bits per heavy atom. The van der Waals surface area contributed by atoms with Gasteiger partial charge in [0.2, 0.25) is 0 Å². The van der Waals surface area contributed by atoms with Crippen LogP contribution in [0.3, 0.4) is 0 Å². The van der Waals surface area contributed by atoms with E-state index in [1.165, 1.54) is 7.11 Å². The number of aliphatic hydroxyl groups is 1. The molecule has 24 heavy (non-hydrogen) atoms. The standard InChI is InChI=1S/C17H30N2O5/c1-16(2,3)24-15(22)18-12(14(21)23-4)9-11-10-17(19-13(11)20)7-5-6-8-17/h11-13,19-20H,5-10H2,1-4H3,(H,18,22). The number of aliphatic hydroxyl groups excluding tert-OH is 1. The molecule has 7 nitrogen and oxygen atoms in total. The van der Waals surface area contributed by atoms with Crippen molar-refractivity contribution in [2.45, 2.75) is 82.7 Å². The molecule has 3 atom stereocenters. The van der Waals surface area contributed by atoms with Gasteiger partial charge in [-0.05, 0) is 46.5 Å². The highest BCUT2D eigenvalue weighted by Crippen LogP contribution is 2.42. The molecule has 0 aromatic carbocycles. The first kappa shape index (κ1) is 19.0. The molecular formula is C17H30N2O5. The van der Waals surface area contributed by atoms with Crippen LogP contribution in [0.4, 0.5) is 4.79 Å². The van der Waals surface area contributed by atoms with E-state index in [0.29, 0.717) is 6.42 Å². The molecule has 0 aromatic rings. The molecule has 1 aliphatic carbocycles. The van der Waals surface area contributed by atoms with Gasteiger partial charge >= 0.3 is 12.1 Å². The number of rotatable bonds is 4. The van der Waals surface area contributed by atoms with Crippen molar-refractivity contribution < 1.29 is 24.2 Å². The summed E-state index contributed by atoms with van der Waals surface area (Å²) in [5, 5.41) is 16.2. The number of esters is 1. The Morgan fingerprint density at radius 3 is 2.50 bits per heavy atom. The van der Waals surface area contributed by atoms with Gasteiger partial charge < -0.3 is 19.9 Å². The molecule has 3 N–H and O–H groups in total. The third-order valence-corrected chi connectivity index (χ3v) is 4.83. The van der Waals surface area contributed by atoms with Gasteiger partial charge in [-0.1, -0.05) is 12.8 Å². The van der Waals surface area contributed by atoms with Crippen LogP contribution in [0.25, 0.3) is 0 Å². The highest BCUT2D eigenvalue weighted by Gasteiger charge is 2.46. The van der Waals surface area contributed by atoms with Gasteiger partial charge in [-0.3, -0.25) is 5.32 Å². The SMILES string of the molecule is COC(=O)C(CC1CC2(CCCC2)NC1O)NC(=O)OC(C)(C)C. The van der Waals surface area contributed by atoms with Crippen LogP contribution in [0.2, 0.25) is 0 Å². The van der Waals surface area contributed by atoms with Crippen molar-refractivity contribution in [2.75, 3.05) is 7.11 Å². The fraction of sp³-hybridized carbons (Fsp3) is 0.882. The average molecular weight is 342 g/mol. The lowest BCUT2D eigenvalue weighted by atomic mass is 9.88. The molecule has 3 unspecified atom stereocenters. The number of amides is 1. The first-order valence-corrected chi connectivity index (χ1v) is 8.67. The van der Waals surface area contributed by atoms with Crippen LogP contribution in [-0.2, 0) is 14.3 Å². The number of carbonyl (C=O) groups excluding carboxylic acids is 2. The van der Waals surface area contributed by atoms with E-state index in [-0.39, 0.29) is 11.5 Å². The summed E-state index contributed by atoms with van der Waals surface area (Å²) in [6.45, 7) is 5.27. The summed E-state index contributed by atoms with van der Waals surface area (Å²) in [6, 6.07) is -0.831. The van der Waals surface area contributed by atoms with Gasteiger partial charge in [-0.2, -0.15) is 0 Å². The van der Waals surface area contributed by atoms with Gasteiger partial charge in [-0.25, -0.2) is 9.59 Å². The molecule has 0 aromatic heterocycles.